The van der Waals surface area contributed by atoms with Crippen LogP contribution in [-0.4, -0.2) is 32.5 Å². The summed E-state index contributed by atoms with van der Waals surface area (Å²) in [5.74, 6) is -0.223. The van der Waals surface area contributed by atoms with Crippen LogP contribution in [-0.2, 0) is 4.79 Å². The summed E-state index contributed by atoms with van der Waals surface area (Å²) in [6, 6.07) is 15.2. The van der Waals surface area contributed by atoms with Gasteiger partial charge in [0.05, 0.1) is 10.9 Å². The molecule has 2 aromatic carbocycles. The number of rotatable bonds is 7. The molecular formula is C18H16F2N4O2S. The van der Waals surface area contributed by atoms with Crippen LogP contribution in [0.4, 0.5) is 14.5 Å². The molecule has 3 rings (SSSR count). The van der Waals surface area contributed by atoms with Gasteiger partial charge < -0.3 is 10.1 Å². The average Bonchev–Trinajstić information content (AvgIpc) is 3.12. The SMILES string of the molecule is CC(Sc1ncn(-c2ccccc2)n1)C(=O)Nc1ccc(OC(F)F)cc1. The highest BCUT2D eigenvalue weighted by Crippen LogP contribution is 2.22. The van der Waals surface area contributed by atoms with E-state index in [9.17, 15) is 13.6 Å². The zero-order chi connectivity index (χ0) is 19.2. The van der Waals surface area contributed by atoms with Crippen molar-refractivity contribution < 1.29 is 18.3 Å². The lowest BCUT2D eigenvalue weighted by Gasteiger charge is -2.11. The number of anilines is 1. The zero-order valence-corrected chi connectivity index (χ0v) is 15.1. The van der Waals surface area contributed by atoms with Crippen LogP contribution in [0.2, 0.25) is 0 Å². The average molecular weight is 390 g/mol. The minimum Gasteiger partial charge on any atom is -0.435 e. The van der Waals surface area contributed by atoms with Gasteiger partial charge in [0, 0.05) is 5.69 Å². The summed E-state index contributed by atoms with van der Waals surface area (Å²) in [5.41, 5.74) is 1.36. The van der Waals surface area contributed by atoms with Gasteiger partial charge in [0.1, 0.15) is 12.1 Å². The van der Waals surface area contributed by atoms with Crippen molar-refractivity contribution in [3.63, 3.8) is 0 Å². The number of hydrogen-bond donors (Lipinski definition) is 1. The zero-order valence-electron chi connectivity index (χ0n) is 14.3. The molecule has 0 aliphatic rings. The fourth-order valence-corrected chi connectivity index (χ4v) is 2.91. The molecule has 9 heteroatoms. The Morgan fingerprint density at radius 3 is 2.52 bits per heavy atom. The van der Waals surface area contributed by atoms with Crippen LogP contribution in [0.5, 0.6) is 5.75 Å². The van der Waals surface area contributed by atoms with Crippen LogP contribution in [0.15, 0.2) is 66.1 Å². The number of hydrogen-bond acceptors (Lipinski definition) is 5. The normalized spacial score (nSPS) is 12.0. The van der Waals surface area contributed by atoms with Crippen LogP contribution >= 0.6 is 11.8 Å². The molecule has 1 atom stereocenters. The van der Waals surface area contributed by atoms with E-state index in [4.69, 9.17) is 0 Å². The standard InChI is InChI=1S/C18H16F2N4O2S/c1-12(16(25)22-13-7-9-15(10-8-13)26-17(19)20)27-18-21-11-24(23-18)14-5-3-2-4-6-14/h2-12,17H,1H3,(H,22,25). The molecule has 3 aromatic rings. The number of para-hydroxylation sites is 1. The number of halogens is 2. The number of benzene rings is 2. The van der Waals surface area contributed by atoms with E-state index >= 15 is 0 Å². The summed E-state index contributed by atoms with van der Waals surface area (Å²) in [5, 5.41) is 7.09. The van der Waals surface area contributed by atoms with Gasteiger partial charge in [0.2, 0.25) is 11.1 Å². The van der Waals surface area contributed by atoms with Crippen molar-refractivity contribution in [2.75, 3.05) is 5.32 Å². The summed E-state index contributed by atoms with van der Waals surface area (Å²) >= 11 is 1.22. The van der Waals surface area contributed by atoms with E-state index in [1.165, 1.54) is 36.0 Å². The first-order valence-corrected chi connectivity index (χ1v) is 8.89. The van der Waals surface area contributed by atoms with Crippen molar-refractivity contribution in [2.24, 2.45) is 0 Å². The van der Waals surface area contributed by atoms with Gasteiger partial charge in [-0.05, 0) is 43.3 Å². The summed E-state index contributed by atoms with van der Waals surface area (Å²) in [6.45, 7) is -1.15. The van der Waals surface area contributed by atoms with E-state index in [0.717, 1.165) is 5.69 Å². The molecule has 0 bridgehead atoms. The van der Waals surface area contributed by atoms with Crippen molar-refractivity contribution in [1.29, 1.82) is 0 Å². The van der Waals surface area contributed by atoms with Crippen molar-refractivity contribution in [1.82, 2.24) is 14.8 Å². The maximum Gasteiger partial charge on any atom is 0.387 e. The number of amides is 1. The predicted octanol–water partition coefficient (Wildman–Crippen LogP) is 3.99. The lowest BCUT2D eigenvalue weighted by molar-refractivity contribution is -0.115. The van der Waals surface area contributed by atoms with Crippen molar-refractivity contribution in [2.45, 2.75) is 23.9 Å². The molecule has 0 spiro atoms. The number of ether oxygens (including phenoxy) is 1. The van der Waals surface area contributed by atoms with Gasteiger partial charge in [-0.1, -0.05) is 30.0 Å². The molecule has 0 fully saturated rings. The van der Waals surface area contributed by atoms with E-state index < -0.39 is 11.9 Å². The molecule has 1 heterocycles. The van der Waals surface area contributed by atoms with Crippen molar-refractivity contribution in [3.8, 4) is 11.4 Å². The van der Waals surface area contributed by atoms with E-state index in [2.05, 4.69) is 20.1 Å². The topological polar surface area (TPSA) is 69.0 Å². The van der Waals surface area contributed by atoms with Crippen LogP contribution in [0, 0.1) is 0 Å². The largest absolute Gasteiger partial charge is 0.435 e. The minimum atomic E-state index is -2.88. The molecule has 140 valence electrons. The predicted molar refractivity (Wildman–Crippen MR) is 98.4 cm³/mol. The maximum atomic E-state index is 12.3. The number of carbonyl (C=O) groups is 1. The number of aromatic nitrogens is 3. The van der Waals surface area contributed by atoms with Crippen LogP contribution in [0.25, 0.3) is 5.69 Å². The van der Waals surface area contributed by atoms with Gasteiger partial charge in [0.25, 0.3) is 0 Å². The second kappa shape index (κ2) is 8.63. The van der Waals surface area contributed by atoms with Gasteiger partial charge in [0.15, 0.2) is 0 Å². The fraction of sp³-hybridized carbons (Fsp3) is 0.167. The van der Waals surface area contributed by atoms with E-state index in [0.29, 0.717) is 10.8 Å². The van der Waals surface area contributed by atoms with Gasteiger partial charge in [-0.25, -0.2) is 9.67 Å². The molecule has 0 aliphatic carbocycles. The summed E-state index contributed by atoms with van der Waals surface area (Å²) < 4.78 is 30.2. The Kier molecular flexibility index (Phi) is 6.02. The first kappa shape index (κ1) is 18.8. The number of alkyl halides is 2. The highest BCUT2D eigenvalue weighted by atomic mass is 32.2. The molecule has 1 N–H and O–H groups in total. The highest BCUT2D eigenvalue weighted by molar-refractivity contribution is 8.00. The molecule has 0 saturated heterocycles. The number of thioether (sulfide) groups is 1. The third kappa shape index (κ3) is 5.27. The molecule has 0 radical (unpaired) electrons. The van der Waals surface area contributed by atoms with Crippen molar-refractivity contribution >= 4 is 23.4 Å². The van der Waals surface area contributed by atoms with Gasteiger partial charge in [-0.2, -0.15) is 8.78 Å². The Morgan fingerprint density at radius 2 is 1.85 bits per heavy atom. The maximum absolute atomic E-state index is 12.3. The molecule has 1 amide bonds. The van der Waals surface area contributed by atoms with Crippen molar-refractivity contribution in [3.05, 3.63) is 60.9 Å². The molecule has 0 aliphatic heterocycles. The Labute approximate surface area is 158 Å². The van der Waals surface area contributed by atoms with Gasteiger partial charge in [-0.15, -0.1) is 5.10 Å². The summed E-state index contributed by atoms with van der Waals surface area (Å²) in [4.78, 5) is 16.5. The minimum absolute atomic E-state index is 0.0288. The quantitative estimate of drug-likeness (QED) is 0.618. The first-order chi connectivity index (χ1) is 13.0. The third-order valence-electron chi connectivity index (χ3n) is 3.49. The van der Waals surface area contributed by atoms with Crippen LogP contribution in [0.3, 0.4) is 0 Å². The first-order valence-electron chi connectivity index (χ1n) is 8.01. The summed E-state index contributed by atoms with van der Waals surface area (Å²) in [6.07, 6.45) is 1.59. The Hall–Kier alpha value is -2.94. The number of carbonyl (C=O) groups excluding carboxylic acids is 1. The monoisotopic (exact) mass is 390 g/mol. The molecule has 1 unspecified atom stereocenters. The smallest absolute Gasteiger partial charge is 0.387 e. The fourth-order valence-electron chi connectivity index (χ4n) is 2.18. The van der Waals surface area contributed by atoms with E-state index in [-0.39, 0.29) is 11.7 Å². The van der Waals surface area contributed by atoms with E-state index in [1.54, 1.807) is 17.9 Å². The number of nitrogens with zero attached hydrogens (tertiary/aromatic N) is 3. The molecule has 1 aromatic heterocycles. The van der Waals surface area contributed by atoms with Crippen LogP contribution < -0.4 is 10.1 Å². The lowest BCUT2D eigenvalue weighted by Crippen LogP contribution is -2.22. The Morgan fingerprint density at radius 1 is 1.15 bits per heavy atom. The van der Waals surface area contributed by atoms with E-state index in [1.807, 2.05) is 30.3 Å². The van der Waals surface area contributed by atoms with Crippen LogP contribution in [0.1, 0.15) is 6.92 Å². The Bertz CT molecular complexity index is 888. The summed E-state index contributed by atoms with van der Waals surface area (Å²) in [7, 11) is 0. The second-order valence-corrected chi connectivity index (χ2v) is 6.77. The number of nitrogens with one attached hydrogen (secondary N) is 1. The lowest BCUT2D eigenvalue weighted by atomic mass is 10.3. The molecule has 0 saturated carbocycles. The Balaban J connectivity index is 1.57. The van der Waals surface area contributed by atoms with Gasteiger partial charge in [-0.3, -0.25) is 4.79 Å². The molecule has 27 heavy (non-hydrogen) atoms. The second-order valence-electron chi connectivity index (χ2n) is 5.46. The van der Waals surface area contributed by atoms with Gasteiger partial charge >= 0.3 is 6.61 Å². The molecular weight excluding hydrogens is 374 g/mol. The molecule has 6 nitrogen and oxygen atoms in total. The third-order valence-corrected chi connectivity index (χ3v) is 4.46. The highest BCUT2D eigenvalue weighted by Gasteiger charge is 2.17.